The Bertz CT molecular complexity index is 769. The Labute approximate surface area is 194 Å². The van der Waals surface area contributed by atoms with Crippen LogP contribution >= 0.6 is 7.60 Å². The molecule has 2 unspecified atom stereocenters. The SMILES string of the molecule is CC(C)CCCC(C)CC=CC1(C)CCc2cc(OCCCCCP(=O)(O)O)ccc2O1. The Balaban J connectivity index is 1.75. The van der Waals surface area contributed by atoms with Crippen molar-refractivity contribution in [3.05, 3.63) is 35.9 Å². The van der Waals surface area contributed by atoms with Crippen molar-refractivity contribution >= 4 is 7.60 Å². The van der Waals surface area contributed by atoms with Gasteiger partial charge >= 0.3 is 7.60 Å². The van der Waals surface area contributed by atoms with E-state index in [1.165, 1.54) is 24.8 Å². The smallest absolute Gasteiger partial charge is 0.325 e. The molecule has 0 aliphatic carbocycles. The number of benzene rings is 1. The lowest BCUT2D eigenvalue weighted by Gasteiger charge is -2.33. The van der Waals surface area contributed by atoms with Crippen LogP contribution in [0.2, 0.25) is 0 Å². The van der Waals surface area contributed by atoms with Crippen molar-refractivity contribution in [3.63, 3.8) is 0 Å². The van der Waals surface area contributed by atoms with E-state index in [0.717, 1.165) is 49.5 Å². The van der Waals surface area contributed by atoms with Crippen LogP contribution in [0, 0.1) is 11.8 Å². The van der Waals surface area contributed by atoms with Gasteiger partial charge in [0, 0.05) is 6.16 Å². The van der Waals surface area contributed by atoms with Gasteiger partial charge in [0.15, 0.2) is 0 Å². The van der Waals surface area contributed by atoms with E-state index in [4.69, 9.17) is 19.3 Å². The molecule has 2 atom stereocenters. The highest BCUT2D eigenvalue weighted by Crippen LogP contribution is 2.37. The van der Waals surface area contributed by atoms with Crippen molar-refractivity contribution in [2.45, 2.75) is 91.1 Å². The molecular formula is C26H43O5P. The van der Waals surface area contributed by atoms with Crippen LogP contribution in [0.3, 0.4) is 0 Å². The third-order valence-corrected chi connectivity index (χ3v) is 7.01. The van der Waals surface area contributed by atoms with Gasteiger partial charge in [0.1, 0.15) is 17.1 Å². The molecule has 0 bridgehead atoms. The lowest BCUT2D eigenvalue weighted by Crippen LogP contribution is -2.34. The third-order valence-electron chi connectivity index (χ3n) is 6.12. The average molecular weight is 467 g/mol. The molecule has 2 N–H and O–H groups in total. The molecule has 1 aromatic rings. The van der Waals surface area contributed by atoms with E-state index >= 15 is 0 Å². The van der Waals surface area contributed by atoms with Crippen LogP contribution in [0.1, 0.15) is 84.6 Å². The van der Waals surface area contributed by atoms with E-state index < -0.39 is 7.60 Å². The van der Waals surface area contributed by atoms with Gasteiger partial charge < -0.3 is 19.3 Å². The summed E-state index contributed by atoms with van der Waals surface area (Å²) in [6.45, 7) is 9.63. The minimum atomic E-state index is -3.88. The summed E-state index contributed by atoms with van der Waals surface area (Å²) in [5.41, 5.74) is 0.920. The number of unbranched alkanes of at least 4 members (excludes halogenated alkanes) is 2. The number of allylic oxidation sites excluding steroid dienone is 1. The second-order valence-electron chi connectivity index (χ2n) is 10.0. The second-order valence-corrected chi connectivity index (χ2v) is 11.8. The number of fused-ring (bicyclic) bond motifs is 1. The van der Waals surface area contributed by atoms with Crippen molar-refractivity contribution in [3.8, 4) is 11.5 Å². The van der Waals surface area contributed by atoms with E-state index in [0.29, 0.717) is 18.9 Å². The van der Waals surface area contributed by atoms with Gasteiger partial charge in [0.2, 0.25) is 0 Å². The van der Waals surface area contributed by atoms with Gasteiger partial charge in [0.05, 0.1) is 6.61 Å². The van der Waals surface area contributed by atoms with Crippen LogP contribution in [0.25, 0.3) is 0 Å². The fraction of sp³-hybridized carbons (Fsp3) is 0.692. The quantitative estimate of drug-likeness (QED) is 0.177. The average Bonchev–Trinajstić information content (AvgIpc) is 2.69. The number of hydrogen-bond donors (Lipinski definition) is 2. The molecule has 32 heavy (non-hydrogen) atoms. The highest BCUT2D eigenvalue weighted by molar-refractivity contribution is 7.51. The molecule has 1 aliphatic heterocycles. The molecule has 1 aromatic carbocycles. The molecule has 1 heterocycles. The predicted octanol–water partition coefficient (Wildman–Crippen LogP) is 6.91. The standard InChI is InChI=1S/C26H43O5P/c1-21(2)10-8-11-22(3)12-9-16-26(4)17-15-23-20-24(13-14-25(23)31-26)30-18-6-5-7-19-32(27,28)29/h9,13-14,16,20-22H,5-8,10-12,15,17-19H2,1-4H3,(H2,27,28,29). The Hall–Kier alpha value is -1.29. The molecule has 2 rings (SSSR count). The van der Waals surface area contributed by atoms with Crippen molar-refractivity contribution in [1.82, 2.24) is 0 Å². The Morgan fingerprint density at radius 1 is 1.16 bits per heavy atom. The molecule has 0 amide bonds. The predicted molar refractivity (Wildman–Crippen MR) is 132 cm³/mol. The van der Waals surface area contributed by atoms with E-state index in [-0.39, 0.29) is 11.8 Å². The maximum absolute atomic E-state index is 10.9. The van der Waals surface area contributed by atoms with Gasteiger partial charge in [-0.3, -0.25) is 4.57 Å². The second kappa shape index (κ2) is 12.8. The molecule has 0 radical (unpaired) electrons. The van der Waals surface area contributed by atoms with Crippen LogP contribution in [-0.2, 0) is 11.0 Å². The van der Waals surface area contributed by atoms with Crippen molar-refractivity contribution in [1.29, 1.82) is 0 Å². The first-order valence-corrected chi connectivity index (χ1v) is 14.0. The maximum Gasteiger partial charge on any atom is 0.325 e. The molecule has 0 spiro atoms. The minimum Gasteiger partial charge on any atom is -0.494 e. The first kappa shape index (κ1) is 27.0. The zero-order valence-electron chi connectivity index (χ0n) is 20.4. The summed E-state index contributed by atoms with van der Waals surface area (Å²) in [5, 5.41) is 0. The zero-order valence-corrected chi connectivity index (χ0v) is 21.3. The van der Waals surface area contributed by atoms with Crippen LogP contribution in [0.5, 0.6) is 11.5 Å². The number of rotatable bonds is 14. The van der Waals surface area contributed by atoms with Gasteiger partial charge in [-0.05, 0) is 87.1 Å². The molecule has 182 valence electrons. The van der Waals surface area contributed by atoms with Gasteiger partial charge in [-0.1, -0.05) is 46.1 Å². The van der Waals surface area contributed by atoms with E-state index in [2.05, 4.69) is 45.9 Å². The fourth-order valence-electron chi connectivity index (χ4n) is 4.07. The first-order valence-electron chi connectivity index (χ1n) is 12.2. The lowest BCUT2D eigenvalue weighted by molar-refractivity contribution is 0.114. The molecule has 0 aromatic heterocycles. The maximum atomic E-state index is 10.9. The summed E-state index contributed by atoms with van der Waals surface area (Å²) in [7, 11) is -3.88. The number of aryl methyl sites for hydroxylation is 1. The third kappa shape index (κ3) is 10.6. The molecule has 5 nitrogen and oxygen atoms in total. The number of hydrogen-bond acceptors (Lipinski definition) is 3. The number of ether oxygens (including phenoxy) is 2. The summed E-state index contributed by atoms with van der Waals surface area (Å²) in [6, 6.07) is 6.00. The molecule has 1 aliphatic rings. The van der Waals surface area contributed by atoms with Gasteiger partial charge in [-0.2, -0.15) is 0 Å². The highest BCUT2D eigenvalue weighted by atomic mass is 31.2. The van der Waals surface area contributed by atoms with Crippen LogP contribution in [0.15, 0.2) is 30.4 Å². The van der Waals surface area contributed by atoms with Crippen molar-refractivity contribution in [2.24, 2.45) is 11.8 Å². The fourth-order valence-corrected chi connectivity index (χ4v) is 4.71. The summed E-state index contributed by atoms with van der Waals surface area (Å²) in [5.74, 6) is 3.26. The zero-order chi connectivity index (χ0) is 23.6. The largest absolute Gasteiger partial charge is 0.494 e. The first-order chi connectivity index (χ1) is 15.1. The van der Waals surface area contributed by atoms with Crippen molar-refractivity contribution < 1.29 is 23.8 Å². The van der Waals surface area contributed by atoms with Crippen LogP contribution < -0.4 is 9.47 Å². The Kier molecular flexibility index (Phi) is 10.8. The van der Waals surface area contributed by atoms with E-state index in [9.17, 15) is 4.57 Å². The molecule has 0 saturated carbocycles. The Morgan fingerprint density at radius 2 is 1.94 bits per heavy atom. The van der Waals surface area contributed by atoms with Gasteiger partial charge in [0.25, 0.3) is 0 Å². The topological polar surface area (TPSA) is 76.0 Å². The Morgan fingerprint density at radius 3 is 2.66 bits per heavy atom. The highest BCUT2D eigenvalue weighted by Gasteiger charge is 2.29. The van der Waals surface area contributed by atoms with Gasteiger partial charge in [-0.25, -0.2) is 0 Å². The monoisotopic (exact) mass is 466 g/mol. The molecule has 6 heteroatoms. The van der Waals surface area contributed by atoms with E-state index in [1.54, 1.807) is 0 Å². The van der Waals surface area contributed by atoms with E-state index in [1.807, 2.05) is 12.1 Å². The summed E-state index contributed by atoms with van der Waals surface area (Å²) in [4.78, 5) is 17.8. The van der Waals surface area contributed by atoms with Gasteiger partial charge in [-0.15, -0.1) is 0 Å². The molecular weight excluding hydrogens is 423 g/mol. The minimum absolute atomic E-state index is 0.0482. The molecule has 0 saturated heterocycles. The normalized spacial score (nSPS) is 19.7. The summed E-state index contributed by atoms with van der Waals surface area (Å²) in [6.07, 6.45) is 13.5. The summed E-state index contributed by atoms with van der Waals surface area (Å²) >= 11 is 0. The van der Waals surface area contributed by atoms with Crippen LogP contribution in [-0.4, -0.2) is 28.2 Å². The summed E-state index contributed by atoms with van der Waals surface area (Å²) < 4.78 is 23.0. The lowest BCUT2D eigenvalue weighted by atomic mass is 9.91. The molecule has 0 fully saturated rings. The van der Waals surface area contributed by atoms with Crippen LogP contribution in [0.4, 0.5) is 0 Å². The van der Waals surface area contributed by atoms with Crippen molar-refractivity contribution in [2.75, 3.05) is 12.8 Å².